The maximum atomic E-state index is 4.73. The summed E-state index contributed by atoms with van der Waals surface area (Å²) in [6.07, 6.45) is 6.96. The molecular weight excluding hydrogens is 346 g/mol. The van der Waals surface area contributed by atoms with Gasteiger partial charge in [-0.2, -0.15) is 0 Å². The SMILES string of the molecule is CC(C)(C)c1ccc(-c2nc(-c3ccncc3)nc(-c3ccncc3)n2)cc1. The molecule has 4 aromatic rings. The first-order valence-corrected chi connectivity index (χ1v) is 9.18. The lowest BCUT2D eigenvalue weighted by Crippen LogP contribution is -2.10. The number of hydrogen-bond donors (Lipinski definition) is 0. The summed E-state index contributed by atoms with van der Waals surface area (Å²) in [5.41, 5.74) is 4.14. The van der Waals surface area contributed by atoms with Crippen LogP contribution < -0.4 is 0 Å². The van der Waals surface area contributed by atoms with Crippen LogP contribution in [0.3, 0.4) is 0 Å². The van der Waals surface area contributed by atoms with Gasteiger partial charge in [-0.3, -0.25) is 9.97 Å². The Morgan fingerprint density at radius 1 is 0.500 bits per heavy atom. The van der Waals surface area contributed by atoms with Crippen LogP contribution in [0.2, 0.25) is 0 Å². The first-order chi connectivity index (χ1) is 13.5. The summed E-state index contributed by atoms with van der Waals surface area (Å²) >= 11 is 0. The Kier molecular flexibility index (Phi) is 4.65. The predicted octanol–water partition coefficient (Wildman–Crippen LogP) is 4.96. The first-order valence-electron chi connectivity index (χ1n) is 9.18. The van der Waals surface area contributed by atoms with Gasteiger partial charge in [0.1, 0.15) is 0 Å². The van der Waals surface area contributed by atoms with Crippen LogP contribution in [-0.4, -0.2) is 24.9 Å². The molecule has 0 N–H and O–H groups in total. The molecule has 0 spiro atoms. The highest BCUT2D eigenvalue weighted by Crippen LogP contribution is 2.27. The summed E-state index contributed by atoms with van der Waals surface area (Å²) < 4.78 is 0. The molecule has 0 radical (unpaired) electrons. The van der Waals surface area contributed by atoms with Crippen LogP contribution in [0.15, 0.2) is 73.3 Å². The van der Waals surface area contributed by atoms with Crippen molar-refractivity contribution in [3.05, 3.63) is 78.9 Å². The molecule has 0 bridgehead atoms. The van der Waals surface area contributed by atoms with Crippen molar-refractivity contribution in [1.82, 2.24) is 24.9 Å². The monoisotopic (exact) mass is 367 g/mol. The molecule has 5 heteroatoms. The number of rotatable bonds is 3. The second kappa shape index (κ2) is 7.27. The fourth-order valence-corrected chi connectivity index (χ4v) is 2.88. The van der Waals surface area contributed by atoms with Crippen LogP contribution in [0, 0.1) is 0 Å². The lowest BCUT2D eigenvalue weighted by atomic mass is 9.87. The van der Waals surface area contributed by atoms with Crippen molar-refractivity contribution in [1.29, 1.82) is 0 Å². The Morgan fingerprint density at radius 2 is 0.857 bits per heavy atom. The fourth-order valence-electron chi connectivity index (χ4n) is 2.88. The van der Waals surface area contributed by atoms with E-state index in [1.165, 1.54) is 5.56 Å². The quantitative estimate of drug-likeness (QED) is 0.512. The summed E-state index contributed by atoms with van der Waals surface area (Å²) in [6.45, 7) is 6.61. The molecule has 0 unspecified atom stereocenters. The largest absolute Gasteiger partial charge is 0.265 e. The Hall–Kier alpha value is -3.47. The van der Waals surface area contributed by atoms with Gasteiger partial charge in [-0.05, 0) is 35.2 Å². The van der Waals surface area contributed by atoms with Gasteiger partial charge in [0.2, 0.25) is 0 Å². The van der Waals surface area contributed by atoms with Gasteiger partial charge >= 0.3 is 0 Å². The second-order valence-corrected chi connectivity index (χ2v) is 7.61. The summed E-state index contributed by atoms with van der Waals surface area (Å²) in [7, 11) is 0. The average Bonchev–Trinajstić information content (AvgIpc) is 2.74. The van der Waals surface area contributed by atoms with E-state index in [1.807, 2.05) is 24.3 Å². The zero-order chi connectivity index (χ0) is 19.6. The zero-order valence-corrected chi connectivity index (χ0v) is 16.2. The van der Waals surface area contributed by atoms with Crippen molar-refractivity contribution in [2.24, 2.45) is 0 Å². The van der Waals surface area contributed by atoms with Crippen molar-refractivity contribution in [2.45, 2.75) is 26.2 Å². The van der Waals surface area contributed by atoms with Gasteiger partial charge in [-0.15, -0.1) is 0 Å². The minimum atomic E-state index is 0.0992. The van der Waals surface area contributed by atoms with Crippen LogP contribution in [0.1, 0.15) is 26.3 Å². The van der Waals surface area contributed by atoms with E-state index >= 15 is 0 Å². The number of pyridine rings is 2. The molecule has 138 valence electrons. The highest BCUT2D eigenvalue weighted by atomic mass is 15.0. The summed E-state index contributed by atoms with van der Waals surface area (Å²) in [6, 6.07) is 16.0. The molecule has 0 atom stereocenters. The van der Waals surface area contributed by atoms with Crippen molar-refractivity contribution in [2.75, 3.05) is 0 Å². The van der Waals surface area contributed by atoms with E-state index in [1.54, 1.807) is 24.8 Å². The lowest BCUT2D eigenvalue weighted by Gasteiger charge is -2.19. The number of benzene rings is 1. The van der Waals surface area contributed by atoms with Crippen LogP contribution in [0.5, 0.6) is 0 Å². The number of aromatic nitrogens is 5. The number of hydrogen-bond acceptors (Lipinski definition) is 5. The molecule has 4 rings (SSSR count). The van der Waals surface area contributed by atoms with Gasteiger partial charge < -0.3 is 0 Å². The maximum absolute atomic E-state index is 4.73. The molecule has 0 aliphatic heterocycles. The standard InChI is InChI=1S/C23H21N5/c1-23(2,3)19-6-4-16(5-7-19)20-26-21(17-8-12-24-13-9-17)28-22(27-20)18-10-14-25-15-11-18/h4-15H,1-3H3. The first kappa shape index (κ1) is 17.9. The van der Waals surface area contributed by atoms with E-state index in [-0.39, 0.29) is 5.41 Å². The molecule has 0 aliphatic rings. The molecule has 5 nitrogen and oxygen atoms in total. The van der Waals surface area contributed by atoms with Gasteiger partial charge in [-0.1, -0.05) is 45.0 Å². The molecule has 0 amide bonds. The van der Waals surface area contributed by atoms with Gasteiger partial charge in [0.15, 0.2) is 17.5 Å². The van der Waals surface area contributed by atoms with Crippen molar-refractivity contribution >= 4 is 0 Å². The maximum Gasteiger partial charge on any atom is 0.164 e. The van der Waals surface area contributed by atoms with Crippen molar-refractivity contribution < 1.29 is 0 Å². The molecule has 0 aliphatic carbocycles. The highest BCUT2D eigenvalue weighted by Gasteiger charge is 2.15. The molecule has 3 heterocycles. The fraction of sp³-hybridized carbons (Fsp3) is 0.174. The molecule has 28 heavy (non-hydrogen) atoms. The van der Waals surface area contributed by atoms with E-state index in [4.69, 9.17) is 9.97 Å². The topological polar surface area (TPSA) is 64.5 Å². The molecule has 1 aromatic carbocycles. The molecule has 0 saturated carbocycles. The normalized spacial score (nSPS) is 11.4. The van der Waals surface area contributed by atoms with Gasteiger partial charge in [-0.25, -0.2) is 15.0 Å². The Bertz CT molecular complexity index is 1010. The predicted molar refractivity (Wildman–Crippen MR) is 110 cm³/mol. The van der Waals surface area contributed by atoms with Gasteiger partial charge in [0, 0.05) is 41.5 Å². The third kappa shape index (κ3) is 3.78. The Balaban J connectivity index is 1.85. The molecule has 3 aromatic heterocycles. The van der Waals surface area contributed by atoms with E-state index < -0.39 is 0 Å². The van der Waals surface area contributed by atoms with Gasteiger partial charge in [0.05, 0.1) is 0 Å². The van der Waals surface area contributed by atoms with E-state index in [9.17, 15) is 0 Å². The Morgan fingerprint density at radius 3 is 1.21 bits per heavy atom. The van der Waals surface area contributed by atoms with E-state index in [0.717, 1.165) is 16.7 Å². The summed E-state index contributed by atoms with van der Waals surface area (Å²) in [5, 5.41) is 0. The minimum Gasteiger partial charge on any atom is -0.265 e. The minimum absolute atomic E-state index is 0.0992. The van der Waals surface area contributed by atoms with Crippen LogP contribution >= 0.6 is 0 Å². The smallest absolute Gasteiger partial charge is 0.164 e. The van der Waals surface area contributed by atoms with Crippen LogP contribution in [-0.2, 0) is 5.41 Å². The van der Waals surface area contributed by atoms with Crippen molar-refractivity contribution in [3.63, 3.8) is 0 Å². The van der Waals surface area contributed by atoms with E-state index in [0.29, 0.717) is 17.5 Å². The number of nitrogens with zero attached hydrogens (tertiary/aromatic N) is 5. The van der Waals surface area contributed by atoms with Crippen LogP contribution in [0.4, 0.5) is 0 Å². The second-order valence-electron chi connectivity index (χ2n) is 7.61. The third-order valence-electron chi connectivity index (χ3n) is 4.52. The summed E-state index contributed by atoms with van der Waals surface area (Å²) in [5.74, 6) is 1.90. The summed E-state index contributed by atoms with van der Waals surface area (Å²) in [4.78, 5) is 22.3. The van der Waals surface area contributed by atoms with E-state index in [2.05, 4.69) is 60.0 Å². The van der Waals surface area contributed by atoms with Crippen molar-refractivity contribution in [3.8, 4) is 34.2 Å². The third-order valence-corrected chi connectivity index (χ3v) is 4.52. The van der Waals surface area contributed by atoms with Gasteiger partial charge in [0.25, 0.3) is 0 Å². The average molecular weight is 367 g/mol. The lowest BCUT2D eigenvalue weighted by molar-refractivity contribution is 0.590. The molecule has 0 saturated heterocycles. The Labute approximate surface area is 164 Å². The zero-order valence-electron chi connectivity index (χ0n) is 16.2. The van der Waals surface area contributed by atoms with Crippen LogP contribution in [0.25, 0.3) is 34.2 Å². The molecule has 0 fully saturated rings. The molecular formula is C23H21N5. The highest BCUT2D eigenvalue weighted by molar-refractivity contribution is 5.66.